The number of benzene rings is 7. The lowest BCUT2D eigenvalue weighted by Crippen LogP contribution is -1.91. The van der Waals surface area contributed by atoms with Gasteiger partial charge in [-0.1, -0.05) is 97.1 Å². The van der Waals surface area contributed by atoms with Gasteiger partial charge in [0.15, 0.2) is 0 Å². The van der Waals surface area contributed by atoms with Gasteiger partial charge in [0.1, 0.15) is 22.8 Å². The van der Waals surface area contributed by atoms with E-state index in [-0.39, 0.29) is 5.82 Å². The SMILES string of the molecule is Fc1ccc2cc3c(cc2c1)oc1c(-c2nc4cccc5c6ccccc6c6ccccc6c6ccccc6n2c45)cccc13. The number of furan rings is 1. The monoisotopic (exact) mass is 578 g/mol. The number of halogens is 1. The lowest BCUT2D eigenvalue weighted by molar-refractivity contribution is 0.629. The van der Waals surface area contributed by atoms with Crippen molar-refractivity contribution in [3.63, 3.8) is 0 Å². The first-order valence-electron chi connectivity index (χ1n) is 15.1. The van der Waals surface area contributed by atoms with Crippen LogP contribution in [-0.2, 0) is 0 Å². The van der Waals surface area contributed by atoms with E-state index >= 15 is 0 Å². The van der Waals surface area contributed by atoms with Crippen LogP contribution in [0.5, 0.6) is 0 Å². The highest BCUT2D eigenvalue weighted by molar-refractivity contribution is 6.21. The predicted molar refractivity (Wildman–Crippen MR) is 184 cm³/mol. The second kappa shape index (κ2) is 9.01. The first-order valence-corrected chi connectivity index (χ1v) is 15.1. The maximum absolute atomic E-state index is 14.1. The Morgan fingerprint density at radius 2 is 1.16 bits per heavy atom. The second-order valence-corrected chi connectivity index (χ2v) is 11.7. The average molecular weight is 579 g/mol. The van der Waals surface area contributed by atoms with E-state index in [2.05, 4.69) is 120 Å². The average Bonchev–Trinajstić information content (AvgIpc) is 3.66. The Labute approximate surface area is 256 Å². The van der Waals surface area contributed by atoms with Crippen LogP contribution in [0.4, 0.5) is 4.39 Å². The molecule has 0 saturated carbocycles. The molecule has 0 unspecified atom stereocenters. The maximum atomic E-state index is 14.1. The number of nitrogens with zero attached hydrogens (tertiary/aromatic N) is 2. The Hall–Kier alpha value is -6.00. The quantitative estimate of drug-likeness (QED) is 0.194. The van der Waals surface area contributed by atoms with Gasteiger partial charge in [-0.15, -0.1) is 0 Å². The summed E-state index contributed by atoms with van der Waals surface area (Å²) in [6, 6.07) is 47.4. The summed E-state index contributed by atoms with van der Waals surface area (Å²) in [5.74, 6) is 0.546. The van der Waals surface area contributed by atoms with E-state index in [4.69, 9.17) is 9.40 Å². The van der Waals surface area contributed by atoms with E-state index in [9.17, 15) is 4.39 Å². The van der Waals surface area contributed by atoms with Crippen molar-refractivity contribution in [1.29, 1.82) is 0 Å². The maximum Gasteiger partial charge on any atom is 0.149 e. The molecule has 3 nitrogen and oxygen atoms in total. The Bertz CT molecular complexity index is 2900. The summed E-state index contributed by atoms with van der Waals surface area (Å²) in [4.78, 5) is 5.34. The second-order valence-electron chi connectivity index (χ2n) is 11.7. The third-order valence-corrected chi connectivity index (χ3v) is 9.20. The third kappa shape index (κ3) is 3.42. The molecule has 7 aromatic carbocycles. The van der Waals surface area contributed by atoms with E-state index < -0.39 is 0 Å². The zero-order valence-electron chi connectivity index (χ0n) is 24.0. The van der Waals surface area contributed by atoms with Crippen molar-refractivity contribution in [1.82, 2.24) is 9.38 Å². The molecular formula is C41H23FN2O. The Balaban J connectivity index is 1.45. The van der Waals surface area contributed by atoms with E-state index in [1.807, 2.05) is 12.1 Å². The fourth-order valence-electron chi connectivity index (χ4n) is 7.25. The molecule has 0 N–H and O–H groups in total. The molecule has 0 atom stereocenters. The van der Waals surface area contributed by atoms with Crippen molar-refractivity contribution in [2.24, 2.45) is 0 Å². The molecule has 0 saturated heterocycles. The van der Waals surface area contributed by atoms with Crippen molar-refractivity contribution in [2.75, 3.05) is 0 Å². The van der Waals surface area contributed by atoms with Crippen LogP contribution in [0.1, 0.15) is 0 Å². The van der Waals surface area contributed by atoms with Crippen LogP contribution in [0.3, 0.4) is 0 Å². The van der Waals surface area contributed by atoms with Crippen LogP contribution >= 0.6 is 0 Å². The number of aromatic nitrogens is 2. The van der Waals surface area contributed by atoms with Gasteiger partial charge in [-0.3, -0.25) is 4.40 Å². The molecule has 0 fully saturated rings. The first-order chi connectivity index (χ1) is 22.2. The number of hydrogen-bond donors (Lipinski definition) is 0. The summed E-state index contributed by atoms with van der Waals surface area (Å²) >= 11 is 0. The van der Waals surface area contributed by atoms with Crippen LogP contribution < -0.4 is 0 Å². The minimum absolute atomic E-state index is 0.262. The fraction of sp³-hybridized carbons (Fsp3) is 0. The van der Waals surface area contributed by atoms with E-state index in [0.29, 0.717) is 0 Å². The van der Waals surface area contributed by atoms with Gasteiger partial charge in [0.2, 0.25) is 0 Å². The van der Waals surface area contributed by atoms with Gasteiger partial charge in [0.25, 0.3) is 0 Å². The minimum atomic E-state index is -0.262. The van der Waals surface area contributed by atoms with Crippen LogP contribution in [-0.4, -0.2) is 9.38 Å². The zero-order valence-corrected chi connectivity index (χ0v) is 24.0. The van der Waals surface area contributed by atoms with Gasteiger partial charge in [-0.05, 0) is 74.8 Å². The van der Waals surface area contributed by atoms with Gasteiger partial charge in [0.05, 0.1) is 22.1 Å². The molecule has 10 rings (SSSR count). The van der Waals surface area contributed by atoms with Crippen LogP contribution in [0.2, 0.25) is 0 Å². The van der Waals surface area contributed by atoms with Crippen LogP contribution in [0.25, 0.3) is 93.0 Å². The minimum Gasteiger partial charge on any atom is -0.455 e. The van der Waals surface area contributed by atoms with E-state index in [1.54, 1.807) is 6.07 Å². The molecular weight excluding hydrogens is 555 g/mol. The Kier molecular flexibility index (Phi) is 4.89. The van der Waals surface area contributed by atoms with E-state index in [0.717, 1.165) is 76.8 Å². The lowest BCUT2D eigenvalue weighted by Gasteiger charge is -2.06. The standard InChI is InChI=1S/C41H23FN2O/c42-26-20-19-24-22-35-33-15-7-16-34(40(33)45-38(35)23-25(24)21-26)41-43-36-17-8-14-32-30-12-4-2-10-28(30)27-9-1-3-11-29(27)31-13-5-6-18-37(31)44(41)39(32)36/h1-23H. The summed E-state index contributed by atoms with van der Waals surface area (Å²) < 4.78 is 23.1. The third-order valence-electron chi connectivity index (χ3n) is 9.20. The summed E-state index contributed by atoms with van der Waals surface area (Å²) in [6.45, 7) is 0. The molecule has 0 spiro atoms. The molecule has 10 aromatic rings. The number of fused-ring (bicyclic) bond motifs is 11. The highest BCUT2D eigenvalue weighted by Crippen LogP contribution is 2.41. The van der Waals surface area contributed by atoms with Gasteiger partial charge in [0, 0.05) is 21.5 Å². The largest absolute Gasteiger partial charge is 0.455 e. The molecule has 0 bridgehead atoms. The smallest absolute Gasteiger partial charge is 0.149 e. The summed E-state index contributed by atoms with van der Waals surface area (Å²) in [7, 11) is 0. The molecule has 3 aromatic heterocycles. The van der Waals surface area contributed by atoms with Crippen molar-refractivity contribution in [3.05, 3.63) is 145 Å². The van der Waals surface area contributed by atoms with Gasteiger partial charge < -0.3 is 4.42 Å². The molecule has 0 aliphatic rings. The zero-order chi connectivity index (χ0) is 29.6. The van der Waals surface area contributed by atoms with Crippen molar-refractivity contribution in [3.8, 4) is 11.4 Å². The molecule has 0 amide bonds. The molecule has 45 heavy (non-hydrogen) atoms. The van der Waals surface area contributed by atoms with Gasteiger partial charge in [-0.25, -0.2) is 9.37 Å². The van der Waals surface area contributed by atoms with Crippen molar-refractivity contribution in [2.45, 2.75) is 0 Å². The normalized spacial score (nSPS) is 12.1. The predicted octanol–water partition coefficient (Wildman–Crippen LogP) is 11.4. The Morgan fingerprint density at radius 3 is 1.96 bits per heavy atom. The van der Waals surface area contributed by atoms with Crippen LogP contribution in [0.15, 0.2) is 144 Å². The molecule has 0 radical (unpaired) electrons. The van der Waals surface area contributed by atoms with Gasteiger partial charge in [-0.2, -0.15) is 0 Å². The molecule has 0 aliphatic carbocycles. The summed E-state index contributed by atoms with van der Waals surface area (Å²) in [5, 5.41) is 10.7. The molecule has 3 heterocycles. The molecule has 0 aliphatic heterocycles. The van der Waals surface area contributed by atoms with E-state index in [1.165, 1.54) is 22.2 Å². The fourth-order valence-corrected chi connectivity index (χ4v) is 7.25. The lowest BCUT2D eigenvalue weighted by atomic mass is 10.0. The Morgan fingerprint density at radius 1 is 0.511 bits per heavy atom. The number of para-hydroxylation sites is 3. The topological polar surface area (TPSA) is 30.4 Å². The van der Waals surface area contributed by atoms with Gasteiger partial charge >= 0.3 is 0 Å². The van der Waals surface area contributed by atoms with Crippen LogP contribution in [0, 0.1) is 5.82 Å². The first kappa shape index (κ1) is 24.4. The number of rotatable bonds is 1. The highest BCUT2D eigenvalue weighted by atomic mass is 19.1. The van der Waals surface area contributed by atoms with Crippen molar-refractivity contribution >= 4 is 81.6 Å². The summed E-state index contributed by atoms with van der Waals surface area (Å²) in [5.41, 5.74) is 5.39. The van der Waals surface area contributed by atoms with Crippen molar-refractivity contribution < 1.29 is 8.81 Å². The number of imidazole rings is 1. The molecule has 4 heteroatoms. The highest BCUT2D eigenvalue weighted by Gasteiger charge is 2.20. The summed E-state index contributed by atoms with van der Waals surface area (Å²) in [6.07, 6.45) is 0. The molecule has 210 valence electrons. The number of hydrogen-bond acceptors (Lipinski definition) is 2.